The lowest BCUT2D eigenvalue weighted by atomic mass is 9.84. The largest absolute Gasteiger partial charge is 0.480 e. The van der Waals surface area contributed by atoms with Gasteiger partial charge in [-0.3, -0.25) is 24.0 Å². The lowest BCUT2D eigenvalue weighted by Gasteiger charge is -2.28. The summed E-state index contributed by atoms with van der Waals surface area (Å²) in [4.78, 5) is 104. The molecule has 6 atom stereocenters. The number of carbonyl (C=O) groups excluding carboxylic acids is 7. The van der Waals surface area contributed by atoms with E-state index < -0.39 is 78.0 Å². The van der Waals surface area contributed by atoms with Crippen LogP contribution >= 0.6 is 0 Å². The zero-order chi connectivity index (χ0) is 63.3. The predicted octanol–water partition coefficient (Wildman–Crippen LogP) is 10.8. The molecule has 18 nitrogen and oxygen atoms in total. The number of fused-ring (bicyclic) bond motifs is 6. The van der Waals surface area contributed by atoms with E-state index in [0.717, 1.165) is 102 Å². The molecular weight excluding hydrogens is 1110 g/mol. The van der Waals surface area contributed by atoms with Gasteiger partial charge in [-0.1, -0.05) is 203 Å². The van der Waals surface area contributed by atoms with Crippen molar-refractivity contribution >= 4 is 47.7 Å². The van der Waals surface area contributed by atoms with Gasteiger partial charge in [0.05, 0.1) is 0 Å². The number of amides is 7. The molecule has 2 fully saturated rings. The number of hydrogen-bond acceptors (Lipinski definition) is 10. The quantitative estimate of drug-likeness (QED) is 0.0278. The van der Waals surface area contributed by atoms with Gasteiger partial charge in [0.25, 0.3) is 0 Å². The average Bonchev–Trinajstić information content (AvgIpc) is 1.98. The number of likely N-dealkylation sites (N-methyl/N-ethyl adjacent to an activating group) is 1. The molecule has 0 aromatic heterocycles. The maximum absolute atomic E-state index is 13.7. The van der Waals surface area contributed by atoms with Gasteiger partial charge in [0, 0.05) is 18.4 Å². The summed E-state index contributed by atoms with van der Waals surface area (Å²) in [6, 6.07) is 27.2. The van der Waals surface area contributed by atoms with Crippen LogP contribution in [0.2, 0.25) is 0 Å². The number of benzene rings is 4. The van der Waals surface area contributed by atoms with E-state index in [-0.39, 0.29) is 61.6 Å². The standard InChI is InChI=1S/C36H50N4O5.C34H45N3O6/c1-5-30(34(42)39-31(20-23(3)4)33(41)37-6-2)38-35(43)32(21-24-14-8-7-9-15-24)40-36(44)45-22-29-27-18-12-10-16-25(27)26-17-11-13-19-28(26)29;1-4-28(31(38)36-30(33(40)41)18-21(2)3)35-32(39)29(19-22-12-6-5-7-13-22)37-34(42)43-20-27-25-16-10-8-14-23(25)24-15-9-11-17-26(24)27/h10-13,16-19,23-24,29-32H,5-9,14-15,20-22H2,1-4H3,(H,37,41)(H,38,43)(H,39,42)(H,40,44);8-11,14-17,21-22,27-30H,4-7,12-13,18-20H2,1-3H3,(H,35,39)(H,36,38)(H,37,42)(H,40,41)/t30-,31?,32-;28-,29-,30?/m00/s1. The fourth-order valence-electron chi connectivity index (χ4n) is 13.0. The molecule has 4 aliphatic carbocycles. The summed E-state index contributed by atoms with van der Waals surface area (Å²) in [6.45, 7) is 13.9. The minimum Gasteiger partial charge on any atom is -0.480 e. The van der Waals surface area contributed by atoms with Crippen molar-refractivity contribution in [1.29, 1.82) is 0 Å². The summed E-state index contributed by atoms with van der Waals surface area (Å²) in [5.74, 6) is -2.60. The highest BCUT2D eigenvalue weighted by atomic mass is 16.6. The average molecular weight is 1210 g/mol. The molecule has 88 heavy (non-hydrogen) atoms. The van der Waals surface area contributed by atoms with Crippen LogP contribution in [0.25, 0.3) is 22.3 Å². The zero-order valence-electron chi connectivity index (χ0n) is 52.6. The Morgan fingerprint density at radius 2 is 0.739 bits per heavy atom. The number of hydrogen-bond donors (Lipinski definition) is 8. The Balaban J connectivity index is 0.000000251. The van der Waals surface area contributed by atoms with Gasteiger partial charge in [0.15, 0.2) is 0 Å². The topological polar surface area (TPSA) is 259 Å². The molecule has 0 saturated heterocycles. The highest BCUT2D eigenvalue weighted by molar-refractivity contribution is 5.95. The SMILES string of the molecule is CCNC(=O)C(CC(C)C)NC(=O)[C@H](CC)NC(=O)[C@H](CC1CCCCC1)NC(=O)OCC1c2ccccc2-c2ccccc21.CC[C@H](NC(=O)[C@H](CC1CCCCC1)NC(=O)OCC1c2ccccc2-c2ccccc21)C(=O)NC(CC(C)C)C(=O)O. The smallest absolute Gasteiger partial charge is 0.407 e. The molecule has 18 heteroatoms. The van der Waals surface area contributed by atoms with E-state index in [4.69, 9.17) is 9.47 Å². The monoisotopic (exact) mass is 1210 g/mol. The van der Waals surface area contributed by atoms with Crippen LogP contribution in [0.5, 0.6) is 0 Å². The van der Waals surface area contributed by atoms with Gasteiger partial charge in [-0.25, -0.2) is 14.4 Å². The van der Waals surface area contributed by atoms with Crippen molar-refractivity contribution in [2.75, 3.05) is 19.8 Å². The van der Waals surface area contributed by atoms with Crippen LogP contribution < -0.4 is 37.2 Å². The van der Waals surface area contributed by atoms with Crippen molar-refractivity contribution in [1.82, 2.24) is 37.2 Å². The van der Waals surface area contributed by atoms with Crippen LogP contribution in [0.1, 0.15) is 185 Å². The van der Waals surface area contributed by atoms with Crippen LogP contribution in [0.4, 0.5) is 9.59 Å². The molecule has 476 valence electrons. The molecule has 0 heterocycles. The third-order valence-electron chi connectivity index (χ3n) is 17.6. The summed E-state index contributed by atoms with van der Waals surface area (Å²) in [5, 5.41) is 29.0. The van der Waals surface area contributed by atoms with Gasteiger partial charge in [-0.2, -0.15) is 0 Å². The zero-order valence-corrected chi connectivity index (χ0v) is 52.6. The first-order valence-corrected chi connectivity index (χ1v) is 32.3. The Morgan fingerprint density at radius 1 is 0.420 bits per heavy atom. The first-order valence-electron chi connectivity index (χ1n) is 32.3. The van der Waals surface area contributed by atoms with E-state index >= 15 is 0 Å². The third kappa shape index (κ3) is 18.9. The van der Waals surface area contributed by atoms with E-state index in [1.165, 1.54) is 6.42 Å². The molecular formula is C70H95N7O11. The van der Waals surface area contributed by atoms with Crippen molar-refractivity contribution in [3.63, 3.8) is 0 Å². The number of carbonyl (C=O) groups is 8. The molecule has 2 saturated carbocycles. The normalized spacial score (nSPS) is 16.7. The molecule has 7 amide bonds. The van der Waals surface area contributed by atoms with Gasteiger partial charge in [0.1, 0.15) is 49.5 Å². The molecule has 0 radical (unpaired) electrons. The van der Waals surface area contributed by atoms with Crippen LogP contribution in [0, 0.1) is 23.7 Å². The minimum atomic E-state index is -1.12. The highest BCUT2D eigenvalue weighted by Crippen LogP contribution is 2.46. The molecule has 0 bridgehead atoms. The Kier molecular flexibility index (Phi) is 25.8. The van der Waals surface area contributed by atoms with Crippen molar-refractivity contribution in [3.05, 3.63) is 119 Å². The lowest BCUT2D eigenvalue weighted by Crippen LogP contribution is -2.57. The molecule has 0 spiro atoms. The lowest BCUT2D eigenvalue weighted by molar-refractivity contribution is -0.142. The fourth-order valence-corrected chi connectivity index (χ4v) is 13.0. The Morgan fingerprint density at radius 3 is 1.07 bits per heavy atom. The Bertz CT molecular complexity index is 2920. The molecule has 8 rings (SSSR count). The Hall–Kier alpha value is -7.76. The summed E-state index contributed by atoms with van der Waals surface area (Å²) in [6.07, 6.45) is 11.6. The van der Waals surface area contributed by atoms with Crippen molar-refractivity contribution < 1.29 is 52.9 Å². The molecule has 0 aliphatic heterocycles. The number of aliphatic carboxylic acids is 1. The number of nitrogens with one attached hydrogen (secondary N) is 7. The van der Waals surface area contributed by atoms with E-state index in [1.54, 1.807) is 6.92 Å². The molecule has 4 aromatic carbocycles. The first kappa shape index (κ1) is 67.7. The van der Waals surface area contributed by atoms with E-state index in [1.807, 2.05) is 102 Å². The maximum Gasteiger partial charge on any atom is 0.407 e. The van der Waals surface area contributed by atoms with Crippen molar-refractivity contribution in [2.45, 2.75) is 199 Å². The molecule has 4 aliphatic rings. The first-order chi connectivity index (χ1) is 42.4. The second-order valence-electron chi connectivity index (χ2n) is 25.1. The van der Waals surface area contributed by atoms with Crippen LogP contribution in [-0.4, -0.2) is 109 Å². The van der Waals surface area contributed by atoms with Crippen LogP contribution in [-0.2, 0) is 38.2 Å². The second-order valence-corrected chi connectivity index (χ2v) is 25.1. The van der Waals surface area contributed by atoms with E-state index in [2.05, 4.69) is 73.6 Å². The molecule has 2 unspecified atom stereocenters. The second kappa shape index (κ2) is 33.6. The number of rotatable bonds is 27. The molecule has 4 aromatic rings. The van der Waals surface area contributed by atoms with Crippen LogP contribution in [0.3, 0.4) is 0 Å². The van der Waals surface area contributed by atoms with Gasteiger partial charge in [-0.05, 0) is 114 Å². The number of carboxylic acids is 1. The van der Waals surface area contributed by atoms with Crippen molar-refractivity contribution in [2.24, 2.45) is 23.7 Å². The van der Waals surface area contributed by atoms with Crippen LogP contribution in [0.15, 0.2) is 97.1 Å². The number of alkyl carbamates (subject to hydrolysis) is 2. The number of ether oxygens (including phenoxy) is 2. The highest BCUT2D eigenvalue weighted by Gasteiger charge is 2.36. The molecule has 8 N–H and O–H groups in total. The fraction of sp³-hybridized carbons (Fsp3) is 0.543. The van der Waals surface area contributed by atoms with E-state index in [0.29, 0.717) is 38.1 Å². The summed E-state index contributed by atoms with van der Waals surface area (Å²) in [5.41, 5.74) is 8.97. The van der Waals surface area contributed by atoms with E-state index in [9.17, 15) is 43.5 Å². The summed E-state index contributed by atoms with van der Waals surface area (Å²) in [7, 11) is 0. The van der Waals surface area contributed by atoms with Crippen molar-refractivity contribution in [3.8, 4) is 22.3 Å². The maximum atomic E-state index is 13.7. The predicted molar refractivity (Wildman–Crippen MR) is 340 cm³/mol. The van der Waals surface area contributed by atoms with Gasteiger partial charge in [0.2, 0.25) is 29.5 Å². The minimum absolute atomic E-state index is 0.0670. The Labute approximate surface area is 520 Å². The van der Waals surface area contributed by atoms with Gasteiger partial charge >= 0.3 is 18.2 Å². The third-order valence-corrected chi connectivity index (χ3v) is 17.6. The number of carboxylic acid groups (broad SMARTS) is 1. The summed E-state index contributed by atoms with van der Waals surface area (Å²) >= 11 is 0. The van der Waals surface area contributed by atoms with Gasteiger partial charge < -0.3 is 51.8 Å². The summed E-state index contributed by atoms with van der Waals surface area (Å²) < 4.78 is 11.5. The van der Waals surface area contributed by atoms with Gasteiger partial charge in [-0.15, -0.1) is 0 Å².